The summed E-state index contributed by atoms with van der Waals surface area (Å²) in [5, 5.41) is 2.47. The molecule has 7 heteroatoms. The summed E-state index contributed by atoms with van der Waals surface area (Å²) in [5.41, 5.74) is 0. The molecule has 1 heterocycles. The zero-order chi connectivity index (χ0) is 12.5. The first-order chi connectivity index (χ1) is 8.07. The average Bonchev–Trinajstić information content (AvgIpc) is 2.61. The first-order valence-corrected chi connectivity index (χ1v) is 9.61. The molecule has 0 radical (unpaired) electrons. The van der Waals surface area contributed by atoms with Gasteiger partial charge in [-0.15, -0.1) is 11.3 Å². The van der Waals surface area contributed by atoms with Gasteiger partial charge in [0.25, 0.3) is 10.0 Å². The van der Waals surface area contributed by atoms with Crippen molar-refractivity contribution < 1.29 is 8.42 Å². The first-order valence-electron chi connectivity index (χ1n) is 5.38. The first kappa shape index (κ1) is 14.0. The van der Waals surface area contributed by atoms with Crippen LogP contribution in [0.3, 0.4) is 0 Å². The van der Waals surface area contributed by atoms with Gasteiger partial charge < -0.3 is 0 Å². The fourth-order valence-corrected chi connectivity index (χ4v) is 6.56. The smallest absolute Gasteiger partial charge is 0.206 e. The van der Waals surface area contributed by atoms with E-state index in [2.05, 4.69) is 31.9 Å². The molecule has 0 N–H and O–H groups in total. The Kier molecular flexibility index (Phi) is 4.68. The number of rotatable bonds is 5. The summed E-state index contributed by atoms with van der Waals surface area (Å²) in [5.74, 6) is 0. The van der Waals surface area contributed by atoms with Gasteiger partial charge in [0, 0.05) is 22.4 Å². The molecular formula is C10H13Br2NO2S2. The van der Waals surface area contributed by atoms with Crippen molar-refractivity contribution in [2.24, 2.45) is 0 Å². The Balaban J connectivity index is 2.31. The Morgan fingerprint density at radius 1 is 1.47 bits per heavy atom. The topological polar surface area (TPSA) is 37.4 Å². The maximum atomic E-state index is 12.5. The number of halogens is 2. The molecule has 1 aromatic heterocycles. The number of nitrogens with zero attached hydrogens (tertiary/aromatic N) is 1. The van der Waals surface area contributed by atoms with Gasteiger partial charge in [-0.05, 0) is 40.2 Å². The van der Waals surface area contributed by atoms with Crippen LogP contribution in [0.4, 0.5) is 0 Å². The van der Waals surface area contributed by atoms with Gasteiger partial charge >= 0.3 is 0 Å². The van der Waals surface area contributed by atoms with E-state index in [-0.39, 0.29) is 6.04 Å². The molecule has 1 fully saturated rings. The molecule has 0 saturated heterocycles. The second-order valence-corrected chi connectivity index (χ2v) is 8.59. The lowest BCUT2D eigenvalue weighted by molar-refractivity contribution is 0.228. The lowest BCUT2D eigenvalue weighted by atomic mass is 9.93. The zero-order valence-corrected chi connectivity index (χ0v) is 13.9. The van der Waals surface area contributed by atoms with E-state index < -0.39 is 10.0 Å². The van der Waals surface area contributed by atoms with Gasteiger partial charge in [-0.3, -0.25) is 0 Å². The number of alkyl halides is 1. The van der Waals surface area contributed by atoms with Crippen molar-refractivity contribution in [1.29, 1.82) is 0 Å². The van der Waals surface area contributed by atoms with E-state index in [9.17, 15) is 8.42 Å². The molecule has 1 aliphatic carbocycles. The minimum Gasteiger partial charge on any atom is -0.206 e. The van der Waals surface area contributed by atoms with Gasteiger partial charge in [-0.2, -0.15) is 4.31 Å². The molecule has 1 aliphatic rings. The molecule has 1 saturated carbocycles. The second-order valence-electron chi connectivity index (χ2n) is 3.95. The molecule has 0 unspecified atom stereocenters. The molecule has 0 amide bonds. The van der Waals surface area contributed by atoms with E-state index >= 15 is 0 Å². The van der Waals surface area contributed by atoms with Gasteiger partial charge in [-0.25, -0.2) is 8.42 Å². The minimum absolute atomic E-state index is 0.187. The van der Waals surface area contributed by atoms with Crippen LogP contribution in [-0.4, -0.2) is 30.6 Å². The van der Waals surface area contributed by atoms with Crippen molar-refractivity contribution in [3.05, 3.63) is 15.9 Å². The van der Waals surface area contributed by atoms with Crippen LogP contribution < -0.4 is 0 Å². The SMILES string of the molecule is O=S(=O)(c1sccc1Br)N(CCBr)C1CCC1. The Bertz CT molecular complexity index is 482. The quantitative estimate of drug-likeness (QED) is 0.707. The molecule has 3 nitrogen and oxygen atoms in total. The largest absolute Gasteiger partial charge is 0.253 e. The van der Waals surface area contributed by atoms with Crippen molar-refractivity contribution in [2.45, 2.75) is 29.5 Å². The fraction of sp³-hybridized carbons (Fsp3) is 0.600. The van der Waals surface area contributed by atoms with Crippen LogP contribution in [0, 0.1) is 0 Å². The van der Waals surface area contributed by atoms with Crippen molar-refractivity contribution in [3.63, 3.8) is 0 Å². The predicted molar refractivity (Wildman–Crippen MR) is 77.3 cm³/mol. The fourth-order valence-electron chi connectivity index (χ4n) is 1.83. The second kappa shape index (κ2) is 5.69. The van der Waals surface area contributed by atoms with Gasteiger partial charge in [0.05, 0.1) is 0 Å². The normalized spacial score (nSPS) is 17.4. The summed E-state index contributed by atoms with van der Waals surface area (Å²) in [6.45, 7) is 0.539. The molecule has 96 valence electrons. The molecule has 0 aliphatic heterocycles. The minimum atomic E-state index is -3.34. The number of hydrogen-bond acceptors (Lipinski definition) is 3. The van der Waals surface area contributed by atoms with E-state index in [1.54, 1.807) is 15.8 Å². The maximum absolute atomic E-state index is 12.5. The monoisotopic (exact) mass is 401 g/mol. The summed E-state index contributed by atoms with van der Waals surface area (Å²) < 4.78 is 27.8. The van der Waals surface area contributed by atoms with Crippen LogP contribution in [0.1, 0.15) is 19.3 Å². The van der Waals surface area contributed by atoms with Crippen LogP contribution in [0.5, 0.6) is 0 Å². The molecule has 0 bridgehead atoms. The van der Waals surface area contributed by atoms with Crippen molar-refractivity contribution in [3.8, 4) is 0 Å². The van der Waals surface area contributed by atoms with Gasteiger partial charge in [-0.1, -0.05) is 22.4 Å². The van der Waals surface area contributed by atoms with E-state index in [0.717, 1.165) is 19.3 Å². The van der Waals surface area contributed by atoms with E-state index in [1.807, 2.05) is 0 Å². The van der Waals surface area contributed by atoms with Crippen LogP contribution in [-0.2, 0) is 10.0 Å². The zero-order valence-electron chi connectivity index (χ0n) is 9.10. The van der Waals surface area contributed by atoms with Gasteiger partial charge in [0.2, 0.25) is 0 Å². The molecule has 0 spiro atoms. The summed E-state index contributed by atoms with van der Waals surface area (Å²) in [6, 6.07) is 1.97. The Labute approximate surface area is 123 Å². The summed E-state index contributed by atoms with van der Waals surface area (Å²) in [7, 11) is -3.34. The highest BCUT2D eigenvalue weighted by molar-refractivity contribution is 9.10. The van der Waals surface area contributed by atoms with Crippen LogP contribution >= 0.6 is 43.2 Å². The third kappa shape index (κ3) is 2.78. The molecule has 0 aromatic carbocycles. The highest BCUT2D eigenvalue weighted by Crippen LogP contribution is 2.35. The highest BCUT2D eigenvalue weighted by Gasteiger charge is 2.35. The van der Waals surface area contributed by atoms with Crippen molar-refractivity contribution >= 4 is 53.2 Å². The molecule has 2 rings (SSSR count). The molecule has 0 atom stereocenters. The average molecular weight is 403 g/mol. The Morgan fingerprint density at radius 3 is 2.59 bits per heavy atom. The summed E-state index contributed by atoms with van der Waals surface area (Å²) in [4.78, 5) is 0. The van der Waals surface area contributed by atoms with Crippen LogP contribution in [0.15, 0.2) is 20.1 Å². The summed E-state index contributed by atoms with van der Waals surface area (Å²) in [6.07, 6.45) is 3.09. The Morgan fingerprint density at radius 2 is 2.18 bits per heavy atom. The Hall–Kier alpha value is 0.570. The number of sulfonamides is 1. The highest BCUT2D eigenvalue weighted by atomic mass is 79.9. The third-order valence-electron chi connectivity index (χ3n) is 2.91. The lowest BCUT2D eigenvalue weighted by Gasteiger charge is -2.35. The molecule has 17 heavy (non-hydrogen) atoms. The maximum Gasteiger partial charge on any atom is 0.253 e. The lowest BCUT2D eigenvalue weighted by Crippen LogP contribution is -2.44. The standard InChI is InChI=1S/C10H13Br2NO2S2/c11-5-6-13(8-2-1-3-8)17(14,15)10-9(12)4-7-16-10/h4,7-8H,1-3,5-6H2. The van der Waals surface area contributed by atoms with E-state index in [1.165, 1.54) is 11.3 Å². The number of hydrogen-bond donors (Lipinski definition) is 0. The van der Waals surface area contributed by atoms with Crippen molar-refractivity contribution in [2.75, 3.05) is 11.9 Å². The predicted octanol–water partition coefficient (Wildman–Crippen LogP) is 3.45. The van der Waals surface area contributed by atoms with Crippen molar-refractivity contribution in [1.82, 2.24) is 4.31 Å². The van der Waals surface area contributed by atoms with E-state index in [4.69, 9.17) is 0 Å². The van der Waals surface area contributed by atoms with E-state index in [0.29, 0.717) is 20.6 Å². The number of thiophene rings is 1. The summed E-state index contributed by atoms with van der Waals surface area (Å²) >= 11 is 7.91. The van der Waals surface area contributed by atoms with Crippen LogP contribution in [0.2, 0.25) is 0 Å². The van der Waals surface area contributed by atoms with Crippen LogP contribution in [0.25, 0.3) is 0 Å². The molecule has 1 aromatic rings. The third-order valence-corrected chi connectivity index (χ3v) is 7.87. The van der Waals surface area contributed by atoms with Gasteiger partial charge in [0.15, 0.2) is 0 Å². The van der Waals surface area contributed by atoms with Gasteiger partial charge in [0.1, 0.15) is 4.21 Å². The molecular weight excluding hydrogens is 390 g/mol.